The lowest BCUT2D eigenvalue weighted by Gasteiger charge is -2.36. The highest BCUT2D eigenvalue weighted by Crippen LogP contribution is 2.29. The van der Waals surface area contributed by atoms with Gasteiger partial charge >= 0.3 is 6.09 Å². The number of fused-ring (bicyclic) bond motifs is 1. The molecule has 3 rings (SSSR count). The van der Waals surface area contributed by atoms with Crippen LogP contribution in [-0.4, -0.2) is 58.7 Å². The molecule has 0 spiro atoms. The van der Waals surface area contributed by atoms with Gasteiger partial charge in [0.15, 0.2) is 11.0 Å². The van der Waals surface area contributed by atoms with Gasteiger partial charge in [0.25, 0.3) is 0 Å². The van der Waals surface area contributed by atoms with Gasteiger partial charge in [0.05, 0.1) is 19.8 Å². The molecule has 1 aromatic heterocycles. The fraction of sp³-hybridized carbons (Fsp3) is 0.706. The lowest BCUT2D eigenvalue weighted by atomic mass is 10.0. The van der Waals surface area contributed by atoms with E-state index < -0.39 is 17.9 Å². The molecule has 2 aliphatic heterocycles. The van der Waals surface area contributed by atoms with Crippen molar-refractivity contribution in [3.05, 3.63) is 16.3 Å². The average molecular weight is 387 g/mol. The number of hydrogen-bond donors (Lipinski definition) is 1. The van der Waals surface area contributed by atoms with E-state index in [9.17, 15) is 9.18 Å². The summed E-state index contributed by atoms with van der Waals surface area (Å²) in [7, 11) is 0. The number of carbonyl (C=O) groups is 1. The summed E-state index contributed by atoms with van der Waals surface area (Å²) in [5, 5.41) is 11.7. The lowest BCUT2D eigenvalue weighted by molar-refractivity contribution is 0.0124. The second kappa shape index (κ2) is 7.52. The maximum absolute atomic E-state index is 14.2. The molecule has 3 heterocycles. The zero-order chi connectivity index (χ0) is 18.9. The summed E-state index contributed by atoms with van der Waals surface area (Å²) in [6.45, 7) is 6.69. The normalized spacial score (nSPS) is 23.3. The van der Waals surface area contributed by atoms with Crippen molar-refractivity contribution in [1.82, 2.24) is 15.1 Å². The molecular weight excluding hydrogens is 363 g/mol. The fourth-order valence-electron chi connectivity index (χ4n) is 3.17. The van der Waals surface area contributed by atoms with E-state index in [0.29, 0.717) is 37.2 Å². The van der Waals surface area contributed by atoms with Crippen LogP contribution in [0.3, 0.4) is 0 Å². The van der Waals surface area contributed by atoms with E-state index in [1.807, 2.05) is 0 Å². The van der Waals surface area contributed by atoms with Crippen LogP contribution in [0.25, 0.3) is 0 Å². The van der Waals surface area contributed by atoms with Crippen LogP contribution in [0.5, 0.6) is 0 Å². The Hall–Kier alpha value is -1.67. The van der Waals surface area contributed by atoms with E-state index in [1.54, 1.807) is 20.8 Å². The predicted molar refractivity (Wildman–Crippen MR) is 95.1 cm³/mol. The molecule has 0 aliphatic carbocycles. The van der Waals surface area contributed by atoms with Crippen LogP contribution in [0.4, 0.5) is 15.0 Å². The Bertz CT molecular complexity index is 683. The molecule has 0 bridgehead atoms. The summed E-state index contributed by atoms with van der Waals surface area (Å²) < 4.78 is 25.0. The quantitative estimate of drug-likeness (QED) is 0.842. The van der Waals surface area contributed by atoms with Gasteiger partial charge in [-0.1, -0.05) is 11.6 Å². The van der Waals surface area contributed by atoms with Crippen LogP contribution in [0.1, 0.15) is 38.3 Å². The van der Waals surface area contributed by atoms with E-state index in [4.69, 9.17) is 21.1 Å². The Morgan fingerprint density at radius 3 is 2.85 bits per heavy atom. The van der Waals surface area contributed by atoms with Crippen LogP contribution >= 0.6 is 11.6 Å². The van der Waals surface area contributed by atoms with E-state index >= 15 is 0 Å². The number of likely N-dealkylation sites (tertiary alicyclic amines) is 1. The minimum atomic E-state index is -1.13. The molecule has 26 heavy (non-hydrogen) atoms. The van der Waals surface area contributed by atoms with E-state index in [2.05, 4.69) is 15.5 Å². The molecule has 2 atom stereocenters. The molecule has 1 saturated heterocycles. The van der Waals surface area contributed by atoms with Gasteiger partial charge in [-0.25, -0.2) is 9.18 Å². The van der Waals surface area contributed by atoms with Crippen molar-refractivity contribution in [2.45, 2.75) is 58.0 Å². The molecule has 0 aromatic carbocycles. The lowest BCUT2D eigenvalue weighted by Crippen LogP contribution is -2.51. The van der Waals surface area contributed by atoms with Gasteiger partial charge < -0.3 is 19.7 Å². The van der Waals surface area contributed by atoms with E-state index in [1.165, 1.54) is 4.90 Å². The zero-order valence-corrected chi connectivity index (χ0v) is 16.0. The van der Waals surface area contributed by atoms with Crippen molar-refractivity contribution in [1.29, 1.82) is 0 Å². The van der Waals surface area contributed by atoms with Gasteiger partial charge in [0, 0.05) is 30.1 Å². The van der Waals surface area contributed by atoms with Crippen molar-refractivity contribution >= 4 is 23.5 Å². The average Bonchev–Trinajstić information content (AvgIpc) is 2.56. The summed E-state index contributed by atoms with van der Waals surface area (Å²) in [5.74, 6) is 0.580. The monoisotopic (exact) mass is 386 g/mol. The Labute approximate surface area is 157 Å². The number of piperidine rings is 1. The van der Waals surface area contributed by atoms with Crippen LogP contribution in [0.15, 0.2) is 0 Å². The highest BCUT2D eigenvalue weighted by atomic mass is 35.5. The highest BCUT2D eigenvalue weighted by Gasteiger charge is 2.33. The SMILES string of the molecule is CC(C)(C)OC(=O)N1C[C@H](F)C[C@@H](Nc2nnc(Cl)c3c2CCOC3)C1. The Balaban J connectivity index is 1.73. The first-order chi connectivity index (χ1) is 12.2. The first kappa shape index (κ1) is 19.1. The standard InChI is InChI=1S/C17H24ClFN4O3/c1-17(2,3)26-16(24)23-7-10(19)6-11(8-23)20-15-12-4-5-25-9-13(12)14(18)21-22-15/h10-11H,4-9H2,1-3H3,(H,20,22)/t10-,11-/m1/s1. The number of nitrogens with zero attached hydrogens (tertiary/aromatic N) is 3. The summed E-state index contributed by atoms with van der Waals surface area (Å²) in [6, 6.07) is -0.284. The van der Waals surface area contributed by atoms with Crippen molar-refractivity contribution in [3.8, 4) is 0 Å². The maximum atomic E-state index is 14.2. The number of halogens is 2. The molecule has 2 aliphatic rings. The van der Waals surface area contributed by atoms with Gasteiger partial charge in [-0.3, -0.25) is 0 Å². The molecule has 7 nitrogen and oxygen atoms in total. The fourth-order valence-corrected chi connectivity index (χ4v) is 3.38. The highest BCUT2D eigenvalue weighted by molar-refractivity contribution is 6.30. The molecule has 1 N–H and O–H groups in total. The smallest absolute Gasteiger partial charge is 0.410 e. The number of hydrogen-bond acceptors (Lipinski definition) is 6. The number of alkyl halides is 1. The number of rotatable bonds is 2. The van der Waals surface area contributed by atoms with Gasteiger partial charge in [-0.15, -0.1) is 10.2 Å². The molecule has 0 saturated carbocycles. The molecule has 0 unspecified atom stereocenters. The maximum Gasteiger partial charge on any atom is 0.410 e. The zero-order valence-electron chi connectivity index (χ0n) is 15.2. The third-order valence-corrected chi connectivity index (χ3v) is 4.58. The molecule has 1 aromatic rings. The van der Waals surface area contributed by atoms with Gasteiger partial charge in [-0.05, 0) is 27.2 Å². The van der Waals surface area contributed by atoms with Crippen LogP contribution < -0.4 is 5.32 Å². The Morgan fingerprint density at radius 2 is 2.12 bits per heavy atom. The number of ether oxygens (including phenoxy) is 2. The number of amides is 1. The minimum Gasteiger partial charge on any atom is -0.444 e. The molecule has 1 amide bonds. The van der Waals surface area contributed by atoms with Crippen molar-refractivity contribution in [3.63, 3.8) is 0 Å². The topological polar surface area (TPSA) is 76.6 Å². The molecule has 144 valence electrons. The molecule has 9 heteroatoms. The third-order valence-electron chi connectivity index (χ3n) is 4.27. The third kappa shape index (κ3) is 4.54. The second-order valence-electron chi connectivity index (χ2n) is 7.66. The van der Waals surface area contributed by atoms with Crippen LogP contribution in [-0.2, 0) is 22.5 Å². The van der Waals surface area contributed by atoms with Crippen molar-refractivity contribution < 1.29 is 18.7 Å². The number of carbonyl (C=O) groups excluding carboxylic acids is 1. The van der Waals surface area contributed by atoms with E-state index in [-0.39, 0.29) is 19.0 Å². The number of aromatic nitrogens is 2. The predicted octanol–water partition coefficient (Wildman–Crippen LogP) is 2.96. The van der Waals surface area contributed by atoms with Gasteiger partial charge in [-0.2, -0.15) is 0 Å². The molecular formula is C17H24ClFN4O3. The number of nitrogens with one attached hydrogen (secondary N) is 1. The minimum absolute atomic E-state index is 0.0331. The largest absolute Gasteiger partial charge is 0.444 e. The van der Waals surface area contributed by atoms with Crippen LogP contribution in [0.2, 0.25) is 5.15 Å². The van der Waals surface area contributed by atoms with Crippen molar-refractivity contribution in [2.24, 2.45) is 0 Å². The first-order valence-electron chi connectivity index (χ1n) is 8.73. The van der Waals surface area contributed by atoms with Gasteiger partial charge in [0.2, 0.25) is 0 Å². The summed E-state index contributed by atoms with van der Waals surface area (Å²) in [4.78, 5) is 13.7. The van der Waals surface area contributed by atoms with Gasteiger partial charge in [0.1, 0.15) is 11.8 Å². The van der Waals surface area contributed by atoms with Crippen LogP contribution in [0, 0.1) is 0 Å². The Morgan fingerprint density at radius 1 is 1.35 bits per heavy atom. The number of anilines is 1. The van der Waals surface area contributed by atoms with Crippen molar-refractivity contribution in [2.75, 3.05) is 25.0 Å². The molecule has 0 radical (unpaired) electrons. The summed E-state index contributed by atoms with van der Waals surface area (Å²) in [5.41, 5.74) is 1.14. The summed E-state index contributed by atoms with van der Waals surface area (Å²) in [6.07, 6.45) is -0.693. The van der Waals surface area contributed by atoms with E-state index in [0.717, 1.165) is 11.1 Å². The Kier molecular flexibility index (Phi) is 5.53. The molecule has 1 fully saturated rings. The summed E-state index contributed by atoms with van der Waals surface area (Å²) >= 11 is 6.10. The second-order valence-corrected chi connectivity index (χ2v) is 8.02. The first-order valence-corrected chi connectivity index (χ1v) is 9.11.